The summed E-state index contributed by atoms with van der Waals surface area (Å²) in [6.45, 7) is 8.30. The van der Waals surface area contributed by atoms with Crippen molar-refractivity contribution in [3.8, 4) is 5.75 Å². The van der Waals surface area contributed by atoms with E-state index in [2.05, 4.69) is 43.4 Å². The molecular formula is C59H85N3O13P+. The number of rotatable bonds is 23. The van der Waals surface area contributed by atoms with Crippen molar-refractivity contribution in [2.75, 3.05) is 66.1 Å². The normalized spacial score (nSPS) is 31.4. The van der Waals surface area contributed by atoms with Gasteiger partial charge in [-0.15, -0.1) is 0 Å². The number of aliphatic hydroxyl groups is 2. The second-order valence-corrected chi connectivity index (χ2v) is 25.3. The van der Waals surface area contributed by atoms with Gasteiger partial charge in [0.25, 0.3) is 0 Å². The Balaban J connectivity index is 0.751. The first-order valence-electron chi connectivity index (χ1n) is 28.5. The molecule has 76 heavy (non-hydrogen) atoms. The van der Waals surface area contributed by atoms with Crippen molar-refractivity contribution >= 4 is 25.5 Å². The highest BCUT2D eigenvalue weighted by atomic mass is 31.2. The molecule has 17 heteroatoms. The quantitative estimate of drug-likeness (QED) is 0.0402. The number of fused-ring (bicyclic) bond motifs is 6. The number of aryl methyl sites for hydroxylation is 1. The highest BCUT2D eigenvalue weighted by Crippen LogP contribution is 2.71. The van der Waals surface area contributed by atoms with Crippen LogP contribution in [0.1, 0.15) is 133 Å². The number of aliphatic hydroxyl groups excluding tert-OH is 2. The van der Waals surface area contributed by atoms with Crippen molar-refractivity contribution in [2.45, 2.75) is 147 Å². The number of carbonyl (C=O) groups excluding carboxylic acids is 3. The van der Waals surface area contributed by atoms with E-state index in [-0.39, 0.29) is 41.4 Å². The Morgan fingerprint density at radius 2 is 1.66 bits per heavy atom. The second kappa shape index (κ2) is 24.3. The van der Waals surface area contributed by atoms with E-state index in [1.807, 2.05) is 19.2 Å². The molecule has 4 unspecified atom stereocenters. The summed E-state index contributed by atoms with van der Waals surface area (Å²) in [5.74, 6) is -1.88. The summed E-state index contributed by atoms with van der Waals surface area (Å²) in [5.41, 5.74) is 2.33. The number of benzene rings is 2. The third-order valence-electron chi connectivity index (χ3n) is 18.7. The van der Waals surface area contributed by atoms with E-state index in [1.165, 1.54) is 18.1 Å². The first-order chi connectivity index (χ1) is 36.4. The number of hydrogen-bond acceptors (Lipinski definition) is 12. The number of hydrogen-bond donors (Lipinski definition) is 5. The molecule has 418 valence electrons. The summed E-state index contributed by atoms with van der Waals surface area (Å²) in [5, 5.41) is 26.7. The first kappa shape index (κ1) is 56.9. The monoisotopic (exact) mass is 1070 g/mol. The third kappa shape index (κ3) is 12.9. The molecule has 2 aromatic rings. The van der Waals surface area contributed by atoms with Crippen LogP contribution in [-0.4, -0.2) is 131 Å². The molecule has 1 amide bonds. The van der Waals surface area contributed by atoms with Crippen LogP contribution in [0.2, 0.25) is 0 Å². The van der Waals surface area contributed by atoms with Gasteiger partial charge in [-0.2, -0.15) is 0 Å². The van der Waals surface area contributed by atoms with Gasteiger partial charge in [0.15, 0.2) is 30.3 Å². The average molecular weight is 1080 g/mol. The number of nitrogens with one attached hydrogen (secondary N) is 1. The maximum absolute atomic E-state index is 14.6. The molecule has 7 aliphatic rings. The number of piperazine rings is 1. The number of amides is 1. The van der Waals surface area contributed by atoms with Crippen LogP contribution in [0.3, 0.4) is 0 Å². The number of allylic oxidation sites excluding steroid dienone is 4. The van der Waals surface area contributed by atoms with E-state index in [4.69, 9.17) is 23.5 Å². The average Bonchev–Trinajstić information content (AvgIpc) is 3.92. The molecule has 2 aromatic carbocycles. The van der Waals surface area contributed by atoms with Gasteiger partial charge in [-0.05, 0) is 117 Å². The molecule has 16 nitrogen and oxygen atoms in total. The number of phosphoric ester groups is 1. The number of phosphoric acid groups is 1. The lowest BCUT2D eigenvalue weighted by Gasteiger charge is -2.63. The maximum Gasteiger partial charge on any atom is 0.524 e. The zero-order chi connectivity index (χ0) is 53.7. The van der Waals surface area contributed by atoms with Gasteiger partial charge in [0, 0.05) is 60.8 Å². The highest BCUT2D eigenvalue weighted by Gasteiger charge is 2.74. The van der Waals surface area contributed by atoms with Crippen LogP contribution in [0.5, 0.6) is 5.75 Å². The Morgan fingerprint density at radius 3 is 2.39 bits per heavy atom. The number of nitrogens with zero attached hydrogens (tertiary/aromatic N) is 2. The molecule has 5 aliphatic carbocycles. The molecule has 6 fully saturated rings. The lowest BCUT2D eigenvalue weighted by molar-refractivity contribution is -0.926. The molecule has 2 saturated heterocycles. The van der Waals surface area contributed by atoms with Gasteiger partial charge in [0.1, 0.15) is 12.3 Å². The van der Waals surface area contributed by atoms with E-state index in [9.17, 15) is 38.9 Å². The number of likely N-dealkylation sites (N-methyl/N-ethyl adjacent to an activating group) is 1. The van der Waals surface area contributed by atoms with Gasteiger partial charge in [-0.25, -0.2) is 9.36 Å². The Kier molecular flexibility index (Phi) is 18.2. The number of ketones is 2. The van der Waals surface area contributed by atoms with Crippen LogP contribution in [-0.2, 0) is 46.1 Å². The van der Waals surface area contributed by atoms with E-state index in [1.54, 1.807) is 29.2 Å². The van der Waals surface area contributed by atoms with Crippen molar-refractivity contribution in [3.63, 3.8) is 0 Å². The van der Waals surface area contributed by atoms with Crippen molar-refractivity contribution in [1.29, 1.82) is 0 Å². The predicted molar refractivity (Wildman–Crippen MR) is 285 cm³/mol. The summed E-state index contributed by atoms with van der Waals surface area (Å²) in [6, 6.07) is 15.4. The molecule has 0 radical (unpaired) electrons. The molecule has 1 spiro atoms. The Bertz CT molecular complexity index is 2450. The summed E-state index contributed by atoms with van der Waals surface area (Å²) >= 11 is 0. The van der Waals surface area contributed by atoms with Crippen LogP contribution >= 0.6 is 7.82 Å². The SMILES string of the molecule is C[C@]12C=CC(=O)C=C1CCC1C2[C@@H](O)C[C@@]2(C)C1C1(C[C@@H]2C(=O)COC(=O)N2CC[N+](C)(Cc3cc(C(O)CNCCCCCCOCCCCc4ccccc4)ccc3OP(=O)(O)O)CC2)OC(C2CCCCC2)O1. The summed E-state index contributed by atoms with van der Waals surface area (Å²) < 4.78 is 43.2. The minimum Gasteiger partial charge on any atom is -0.441 e. The molecule has 8 atom stereocenters. The maximum atomic E-state index is 14.6. The van der Waals surface area contributed by atoms with Crippen LogP contribution in [0.15, 0.2) is 72.3 Å². The molecule has 9 rings (SSSR count). The predicted octanol–water partition coefficient (Wildman–Crippen LogP) is 8.50. The molecule has 5 N–H and O–H groups in total. The van der Waals surface area contributed by atoms with E-state index >= 15 is 0 Å². The highest BCUT2D eigenvalue weighted by molar-refractivity contribution is 7.46. The van der Waals surface area contributed by atoms with E-state index in [0.717, 1.165) is 102 Å². The number of Topliss-reactive ketones (excluding diaryl/α,β-unsaturated/α-hetero) is 1. The van der Waals surface area contributed by atoms with Gasteiger partial charge in [0.2, 0.25) is 0 Å². The fraction of sp³-hybridized carbons (Fsp3) is 0.678. The van der Waals surface area contributed by atoms with Gasteiger partial charge in [-0.1, -0.05) is 94.0 Å². The molecule has 2 heterocycles. The fourth-order valence-electron chi connectivity index (χ4n) is 14.8. The zero-order valence-electron chi connectivity index (χ0n) is 45.2. The molecular weight excluding hydrogens is 990 g/mol. The van der Waals surface area contributed by atoms with Crippen molar-refractivity contribution in [2.24, 2.45) is 40.4 Å². The summed E-state index contributed by atoms with van der Waals surface area (Å²) in [4.78, 5) is 62.0. The van der Waals surface area contributed by atoms with Crippen molar-refractivity contribution < 1.29 is 66.9 Å². The van der Waals surface area contributed by atoms with E-state index < -0.39 is 55.3 Å². The lowest BCUT2D eigenvalue weighted by Crippen LogP contribution is -2.66. The molecule has 4 saturated carbocycles. The van der Waals surface area contributed by atoms with E-state index in [0.29, 0.717) is 80.1 Å². The minimum absolute atomic E-state index is 0.0283. The topological polar surface area (TPSA) is 211 Å². The Hall–Kier alpha value is -3.80. The Labute approximate surface area is 449 Å². The number of carbonyl (C=O) groups is 3. The standard InChI is InChI=1S/C59H84N3O13P/c1-57-26-25-46(63)35-45(57)22-23-47-53(57)49(64)37-58(2)48(36-59(54(47)58)73-55(74-59)42-19-10-7-11-20-42)51(66)40-72-56(67)61-28-30-62(3,31-29-61)39-44-34-43(21-24-52(44)75-76(68,69)70)50(65)38-60-27-13-4-5-14-32-71-33-15-12-18-41-16-8-6-9-17-41/h6,8-9,16-17,21,24-26,34-35,42,47-50,53-55,60,64-65H,4-5,7,10-15,18-20,22-23,27-33,36-40H2,1-3H3,(H-,68,69,70)/p+1/t47?,48-,49+,50?,53?,54?,55?,57+,58-,59?/m1/s1. The number of ether oxygens (including phenoxy) is 4. The minimum atomic E-state index is -4.90. The van der Waals surface area contributed by atoms with Gasteiger partial charge in [-0.3, -0.25) is 24.3 Å². The van der Waals surface area contributed by atoms with Gasteiger partial charge >= 0.3 is 13.9 Å². The van der Waals surface area contributed by atoms with Crippen LogP contribution in [0, 0.1) is 40.4 Å². The number of quaternary nitrogens is 1. The molecule has 0 bridgehead atoms. The number of unbranched alkanes of at least 4 members (excludes halogenated alkanes) is 4. The van der Waals surface area contributed by atoms with Gasteiger partial charge < -0.3 is 43.5 Å². The van der Waals surface area contributed by atoms with Gasteiger partial charge in [0.05, 0.1) is 45.4 Å². The molecule has 0 aromatic heterocycles. The van der Waals surface area contributed by atoms with Crippen LogP contribution in [0.25, 0.3) is 0 Å². The second-order valence-electron chi connectivity index (χ2n) is 24.1. The smallest absolute Gasteiger partial charge is 0.441 e. The van der Waals surface area contributed by atoms with Crippen LogP contribution < -0.4 is 9.84 Å². The lowest BCUT2D eigenvalue weighted by atomic mass is 9.46. The largest absolute Gasteiger partial charge is 0.524 e. The first-order valence-corrected chi connectivity index (χ1v) is 30.1. The van der Waals surface area contributed by atoms with Crippen LogP contribution in [0.4, 0.5) is 4.79 Å². The summed E-state index contributed by atoms with van der Waals surface area (Å²) in [7, 11) is -2.90. The zero-order valence-corrected chi connectivity index (χ0v) is 46.1. The molecule has 2 aliphatic heterocycles. The summed E-state index contributed by atoms with van der Waals surface area (Å²) in [6.07, 6.45) is 17.9. The Morgan fingerprint density at radius 1 is 0.934 bits per heavy atom. The van der Waals surface area contributed by atoms with Crippen molar-refractivity contribution in [3.05, 3.63) is 89.0 Å². The fourth-order valence-corrected chi connectivity index (χ4v) is 15.2. The third-order valence-corrected chi connectivity index (χ3v) is 19.2. The van der Waals surface area contributed by atoms with Crippen molar-refractivity contribution in [1.82, 2.24) is 10.2 Å².